The molecule has 0 unspecified atom stereocenters. The number of aliphatic hydroxyl groups is 1. The first-order valence-electron chi connectivity index (χ1n) is 4.34. The van der Waals surface area contributed by atoms with E-state index in [9.17, 15) is 10.1 Å². The largest absolute Gasteiger partial charge is 0.392 e. The van der Waals surface area contributed by atoms with Crippen LogP contribution in [-0.4, -0.2) is 15.0 Å². The van der Waals surface area contributed by atoms with E-state index in [2.05, 4.69) is 4.98 Å². The minimum absolute atomic E-state index is 0.0201. The molecular formula is C10H8N2O3. The third kappa shape index (κ3) is 1.77. The van der Waals surface area contributed by atoms with Gasteiger partial charge in [0, 0.05) is 23.7 Å². The maximum atomic E-state index is 10.5. The molecule has 76 valence electrons. The standard InChI is InChI=1S/C10H8N2O3/c13-6-7-3-8-1-2-9(12(14)15)4-10(8)11-5-7/h1-5,13H,6H2. The molecule has 0 amide bonds. The summed E-state index contributed by atoms with van der Waals surface area (Å²) in [7, 11) is 0. The van der Waals surface area contributed by atoms with Crippen LogP contribution in [-0.2, 0) is 6.61 Å². The van der Waals surface area contributed by atoms with Gasteiger partial charge in [-0.15, -0.1) is 0 Å². The average molecular weight is 204 g/mol. The Morgan fingerprint density at radius 1 is 1.40 bits per heavy atom. The molecular weight excluding hydrogens is 196 g/mol. The summed E-state index contributed by atoms with van der Waals surface area (Å²) < 4.78 is 0. The smallest absolute Gasteiger partial charge is 0.271 e. The fourth-order valence-electron chi connectivity index (χ4n) is 1.36. The van der Waals surface area contributed by atoms with Crippen molar-refractivity contribution in [3.05, 3.63) is 46.1 Å². The van der Waals surface area contributed by atoms with Crippen LogP contribution in [0.4, 0.5) is 5.69 Å². The second-order valence-corrected chi connectivity index (χ2v) is 3.14. The van der Waals surface area contributed by atoms with E-state index in [0.717, 1.165) is 5.39 Å². The number of pyridine rings is 1. The highest BCUT2D eigenvalue weighted by molar-refractivity contribution is 5.81. The number of aromatic nitrogens is 1. The second-order valence-electron chi connectivity index (χ2n) is 3.14. The molecule has 0 fully saturated rings. The Labute approximate surface area is 85.1 Å². The molecule has 0 atom stereocenters. The van der Waals surface area contributed by atoms with E-state index < -0.39 is 4.92 Å². The molecule has 5 heteroatoms. The van der Waals surface area contributed by atoms with Gasteiger partial charge in [-0.3, -0.25) is 15.1 Å². The van der Waals surface area contributed by atoms with E-state index in [1.165, 1.54) is 18.3 Å². The Balaban J connectivity index is 2.59. The molecule has 1 heterocycles. The second kappa shape index (κ2) is 3.62. The fourth-order valence-corrected chi connectivity index (χ4v) is 1.36. The molecule has 1 N–H and O–H groups in total. The maximum absolute atomic E-state index is 10.5. The van der Waals surface area contributed by atoms with Crippen LogP contribution >= 0.6 is 0 Å². The first-order chi connectivity index (χ1) is 7.20. The lowest BCUT2D eigenvalue weighted by Gasteiger charge is -1.99. The topological polar surface area (TPSA) is 76.3 Å². The van der Waals surface area contributed by atoms with Gasteiger partial charge in [0.15, 0.2) is 0 Å². The van der Waals surface area contributed by atoms with Crippen LogP contribution in [0.5, 0.6) is 0 Å². The van der Waals surface area contributed by atoms with Crippen LogP contribution in [0, 0.1) is 10.1 Å². The zero-order chi connectivity index (χ0) is 10.8. The fraction of sp³-hybridized carbons (Fsp3) is 0.100. The molecule has 0 bridgehead atoms. The molecule has 1 aromatic heterocycles. The summed E-state index contributed by atoms with van der Waals surface area (Å²) >= 11 is 0. The van der Waals surface area contributed by atoms with Gasteiger partial charge in [-0.25, -0.2) is 0 Å². The van der Waals surface area contributed by atoms with Gasteiger partial charge in [0.1, 0.15) is 0 Å². The van der Waals surface area contributed by atoms with E-state index in [0.29, 0.717) is 11.1 Å². The lowest BCUT2D eigenvalue weighted by molar-refractivity contribution is -0.384. The van der Waals surface area contributed by atoms with Crippen molar-refractivity contribution in [2.45, 2.75) is 6.61 Å². The van der Waals surface area contributed by atoms with Gasteiger partial charge < -0.3 is 5.11 Å². The van der Waals surface area contributed by atoms with Crippen LogP contribution in [0.25, 0.3) is 10.9 Å². The molecule has 0 aliphatic rings. The highest BCUT2D eigenvalue weighted by Crippen LogP contribution is 2.19. The van der Waals surface area contributed by atoms with Crippen LogP contribution in [0.15, 0.2) is 30.5 Å². The van der Waals surface area contributed by atoms with Gasteiger partial charge in [-0.05, 0) is 17.7 Å². The van der Waals surface area contributed by atoms with Crippen LogP contribution < -0.4 is 0 Å². The predicted octanol–water partition coefficient (Wildman–Crippen LogP) is 1.64. The first-order valence-corrected chi connectivity index (χ1v) is 4.34. The highest BCUT2D eigenvalue weighted by Gasteiger charge is 2.06. The highest BCUT2D eigenvalue weighted by atomic mass is 16.6. The van der Waals surface area contributed by atoms with Crippen molar-refractivity contribution in [2.24, 2.45) is 0 Å². The summed E-state index contributed by atoms with van der Waals surface area (Å²) in [6, 6.07) is 6.22. The van der Waals surface area contributed by atoms with Crippen molar-refractivity contribution < 1.29 is 10.0 Å². The molecule has 15 heavy (non-hydrogen) atoms. The summed E-state index contributed by atoms with van der Waals surface area (Å²) in [5.41, 5.74) is 1.27. The summed E-state index contributed by atoms with van der Waals surface area (Å²) in [5.74, 6) is 0. The number of aliphatic hydroxyl groups excluding tert-OH is 1. The quantitative estimate of drug-likeness (QED) is 0.595. The third-order valence-corrected chi connectivity index (χ3v) is 2.12. The van der Waals surface area contributed by atoms with E-state index in [-0.39, 0.29) is 12.3 Å². The number of hydrogen-bond acceptors (Lipinski definition) is 4. The van der Waals surface area contributed by atoms with Gasteiger partial charge in [0.25, 0.3) is 5.69 Å². The minimum Gasteiger partial charge on any atom is -0.392 e. The van der Waals surface area contributed by atoms with Gasteiger partial charge >= 0.3 is 0 Å². The zero-order valence-corrected chi connectivity index (χ0v) is 7.75. The minimum atomic E-state index is -0.457. The van der Waals surface area contributed by atoms with Crippen LogP contribution in [0.2, 0.25) is 0 Å². The molecule has 5 nitrogen and oxygen atoms in total. The van der Waals surface area contributed by atoms with Crippen LogP contribution in [0.1, 0.15) is 5.56 Å². The molecule has 0 aliphatic heterocycles. The van der Waals surface area contributed by atoms with Crippen molar-refractivity contribution in [1.82, 2.24) is 4.98 Å². The molecule has 0 saturated carbocycles. The Hall–Kier alpha value is -2.01. The summed E-state index contributed by atoms with van der Waals surface area (Å²) in [6.07, 6.45) is 1.51. The van der Waals surface area contributed by atoms with Gasteiger partial charge in [-0.2, -0.15) is 0 Å². The van der Waals surface area contributed by atoms with E-state index in [1.54, 1.807) is 12.1 Å². The molecule has 0 radical (unpaired) electrons. The molecule has 0 saturated heterocycles. The first kappa shape index (κ1) is 9.54. The number of nitro benzene ring substituents is 1. The predicted molar refractivity (Wildman–Crippen MR) is 54.3 cm³/mol. The Bertz CT molecular complexity index is 525. The number of non-ortho nitro benzene ring substituents is 1. The summed E-state index contributed by atoms with van der Waals surface area (Å²) in [6.45, 7) is -0.0834. The van der Waals surface area contributed by atoms with Gasteiger partial charge in [0.2, 0.25) is 0 Å². The number of fused-ring (bicyclic) bond motifs is 1. The molecule has 2 rings (SSSR count). The number of hydrogen-bond donors (Lipinski definition) is 1. The normalized spacial score (nSPS) is 10.5. The SMILES string of the molecule is O=[N+]([O-])c1ccc2cc(CO)cnc2c1. The molecule has 0 spiro atoms. The Morgan fingerprint density at radius 3 is 2.87 bits per heavy atom. The number of benzene rings is 1. The molecule has 1 aromatic carbocycles. The lowest BCUT2D eigenvalue weighted by atomic mass is 10.1. The van der Waals surface area contributed by atoms with Crippen LogP contribution in [0.3, 0.4) is 0 Å². The van der Waals surface area contributed by atoms with Crippen molar-refractivity contribution >= 4 is 16.6 Å². The van der Waals surface area contributed by atoms with Crippen molar-refractivity contribution in [2.75, 3.05) is 0 Å². The maximum Gasteiger partial charge on any atom is 0.271 e. The molecule has 2 aromatic rings. The third-order valence-electron chi connectivity index (χ3n) is 2.12. The van der Waals surface area contributed by atoms with Crippen molar-refractivity contribution in [3.63, 3.8) is 0 Å². The molecule has 0 aliphatic carbocycles. The number of rotatable bonds is 2. The van der Waals surface area contributed by atoms with Crippen molar-refractivity contribution in [3.8, 4) is 0 Å². The van der Waals surface area contributed by atoms with E-state index in [4.69, 9.17) is 5.11 Å². The van der Waals surface area contributed by atoms with Gasteiger partial charge in [0.05, 0.1) is 17.0 Å². The number of nitro groups is 1. The Kier molecular flexibility index (Phi) is 2.31. The average Bonchev–Trinajstić information content (AvgIpc) is 2.27. The van der Waals surface area contributed by atoms with E-state index in [1.807, 2.05) is 0 Å². The number of nitrogens with zero attached hydrogens (tertiary/aromatic N) is 2. The lowest BCUT2D eigenvalue weighted by Crippen LogP contribution is -1.90. The van der Waals surface area contributed by atoms with Gasteiger partial charge in [-0.1, -0.05) is 0 Å². The van der Waals surface area contributed by atoms with Crippen molar-refractivity contribution in [1.29, 1.82) is 0 Å². The summed E-state index contributed by atoms with van der Waals surface area (Å²) in [5, 5.41) is 20.2. The zero-order valence-electron chi connectivity index (χ0n) is 7.75. The summed E-state index contributed by atoms with van der Waals surface area (Å²) in [4.78, 5) is 14.1. The Morgan fingerprint density at radius 2 is 2.20 bits per heavy atom. The monoisotopic (exact) mass is 204 g/mol. The van der Waals surface area contributed by atoms with E-state index >= 15 is 0 Å².